The van der Waals surface area contributed by atoms with Gasteiger partial charge in [0, 0.05) is 11.9 Å². The average molecular weight is 521 g/mol. The zero-order chi connectivity index (χ0) is 25.9. The Labute approximate surface area is 209 Å². The second-order valence-electron chi connectivity index (χ2n) is 8.70. The van der Waals surface area contributed by atoms with Crippen molar-refractivity contribution in [2.45, 2.75) is 56.0 Å². The molecule has 36 heavy (non-hydrogen) atoms. The molecular formula is C24H23F3N4O4S. The average Bonchev–Trinajstić information content (AvgIpc) is 3.20. The number of halogens is 3. The van der Waals surface area contributed by atoms with Crippen LogP contribution in [0.15, 0.2) is 35.7 Å². The molecule has 1 saturated heterocycles. The van der Waals surface area contributed by atoms with Crippen LogP contribution in [0.5, 0.6) is 5.75 Å². The van der Waals surface area contributed by atoms with Crippen LogP contribution in [0.1, 0.15) is 43.4 Å². The predicted octanol–water partition coefficient (Wildman–Crippen LogP) is 2.48. The van der Waals surface area contributed by atoms with Crippen molar-refractivity contribution in [3.8, 4) is 17.6 Å². The summed E-state index contributed by atoms with van der Waals surface area (Å²) in [7, 11) is 0. The van der Waals surface area contributed by atoms with E-state index in [2.05, 4.69) is 26.3 Å². The first kappa shape index (κ1) is 25.5. The van der Waals surface area contributed by atoms with Crippen LogP contribution in [0.2, 0.25) is 0 Å². The molecule has 3 amide bonds. The lowest BCUT2D eigenvalue weighted by Gasteiger charge is -2.29. The van der Waals surface area contributed by atoms with E-state index < -0.39 is 35.7 Å². The molecule has 1 aromatic heterocycles. The Morgan fingerprint density at radius 1 is 1.25 bits per heavy atom. The standard InChI is InChI=1S/C24H23F3N4O4S/c25-24(26,27)35-18-7-3-15(4-8-18)23(10-11-23)22(34)31-12-1-2-19(31)21(33)29-17(14-20(28)32)6-5-16-9-13-36-30-16/h3-4,7-9,13,17,19H,1-2,10-12,14H2,(H2,28,32)(H,29,33)/t17?,19-/m0/s1. The van der Waals surface area contributed by atoms with Crippen molar-refractivity contribution in [3.63, 3.8) is 0 Å². The van der Waals surface area contributed by atoms with E-state index in [4.69, 9.17) is 5.73 Å². The van der Waals surface area contributed by atoms with E-state index in [9.17, 15) is 27.6 Å². The molecule has 1 aliphatic carbocycles. The van der Waals surface area contributed by atoms with E-state index in [0.29, 0.717) is 43.5 Å². The smallest absolute Gasteiger partial charge is 0.406 e. The van der Waals surface area contributed by atoms with Crippen molar-refractivity contribution < 1.29 is 32.3 Å². The number of nitrogens with one attached hydrogen (secondary N) is 1. The van der Waals surface area contributed by atoms with E-state index >= 15 is 0 Å². The predicted molar refractivity (Wildman–Crippen MR) is 124 cm³/mol. The van der Waals surface area contributed by atoms with Gasteiger partial charge in [-0.1, -0.05) is 18.1 Å². The molecule has 4 rings (SSSR count). The van der Waals surface area contributed by atoms with Crippen LogP contribution >= 0.6 is 11.5 Å². The zero-order valence-corrected chi connectivity index (χ0v) is 19.8. The van der Waals surface area contributed by atoms with Gasteiger partial charge in [0.15, 0.2) is 0 Å². The van der Waals surface area contributed by atoms with Gasteiger partial charge in [-0.25, -0.2) is 0 Å². The zero-order valence-electron chi connectivity index (χ0n) is 19.0. The summed E-state index contributed by atoms with van der Waals surface area (Å²) >= 11 is 1.22. The first-order chi connectivity index (χ1) is 17.1. The number of hydrogen-bond acceptors (Lipinski definition) is 6. The van der Waals surface area contributed by atoms with Crippen LogP contribution in [-0.4, -0.2) is 52.0 Å². The number of nitrogens with two attached hydrogens (primary N) is 1. The lowest BCUT2D eigenvalue weighted by molar-refractivity contribution is -0.274. The fourth-order valence-corrected chi connectivity index (χ4v) is 4.80. The SMILES string of the molecule is NC(=O)CC(C#Cc1ccsn1)NC(=O)[C@@H]1CCCN1C(=O)C1(c2ccc(OC(F)(F)F)cc2)CC1. The minimum Gasteiger partial charge on any atom is -0.406 e. The van der Waals surface area contributed by atoms with Gasteiger partial charge in [-0.05, 0) is 66.9 Å². The summed E-state index contributed by atoms with van der Waals surface area (Å²) in [6.07, 6.45) is -2.89. The molecule has 1 unspecified atom stereocenters. The summed E-state index contributed by atoms with van der Waals surface area (Å²) in [6.45, 7) is 0.374. The number of hydrogen-bond donors (Lipinski definition) is 2. The molecule has 2 aliphatic rings. The molecule has 2 aromatic rings. The maximum absolute atomic E-state index is 13.5. The number of carbonyl (C=O) groups is 3. The second kappa shape index (κ2) is 10.2. The highest BCUT2D eigenvalue weighted by molar-refractivity contribution is 7.03. The maximum Gasteiger partial charge on any atom is 0.573 e. The van der Waals surface area contributed by atoms with E-state index in [1.165, 1.54) is 40.7 Å². The third kappa shape index (κ3) is 5.96. The number of carbonyl (C=O) groups excluding carboxylic acids is 3. The molecule has 1 aromatic carbocycles. The Morgan fingerprint density at radius 3 is 2.56 bits per heavy atom. The molecule has 0 spiro atoms. The number of alkyl halides is 3. The summed E-state index contributed by atoms with van der Waals surface area (Å²) < 4.78 is 45.4. The summed E-state index contributed by atoms with van der Waals surface area (Å²) in [5.74, 6) is 3.92. The van der Waals surface area contributed by atoms with Gasteiger partial charge in [0.25, 0.3) is 0 Å². The largest absolute Gasteiger partial charge is 0.573 e. The van der Waals surface area contributed by atoms with Crippen LogP contribution in [0.25, 0.3) is 0 Å². The number of aromatic nitrogens is 1. The molecule has 2 atom stereocenters. The van der Waals surface area contributed by atoms with E-state index in [1.807, 2.05) is 0 Å². The first-order valence-corrected chi connectivity index (χ1v) is 12.1. The Hall–Kier alpha value is -3.59. The van der Waals surface area contributed by atoms with Crippen molar-refractivity contribution in [3.05, 3.63) is 47.0 Å². The molecule has 2 heterocycles. The van der Waals surface area contributed by atoms with Crippen molar-refractivity contribution in [1.82, 2.24) is 14.6 Å². The van der Waals surface area contributed by atoms with Gasteiger partial charge in [0.1, 0.15) is 17.5 Å². The molecular weight excluding hydrogens is 497 g/mol. The summed E-state index contributed by atoms with van der Waals surface area (Å²) in [5, 5.41) is 4.47. The van der Waals surface area contributed by atoms with Gasteiger partial charge in [-0.3, -0.25) is 14.4 Å². The molecule has 0 radical (unpaired) electrons. The monoisotopic (exact) mass is 520 g/mol. The van der Waals surface area contributed by atoms with Crippen LogP contribution in [0.4, 0.5) is 13.2 Å². The van der Waals surface area contributed by atoms with Gasteiger partial charge >= 0.3 is 6.36 Å². The fraction of sp³-hybridized carbons (Fsp3) is 0.417. The molecule has 12 heteroatoms. The number of rotatable bonds is 7. The quantitative estimate of drug-likeness (QED) is 0.545. The Morgan fingerprint density at radius 2 is 1.97 bits per heavy atom. The number of primary amides is 1. The molecule has 8 nitrogen and oxygen atoms in total. The Kier molecular flexibility index (Phi) is 7.21. The molecule has 3 N–H and O–H groups in total. The summed E-state index contributed by atoms with van der Waals surface area (Å²) in [4.78, 5) is 39.7. The van der Waals surface area contributed by atoms with Crippen LogP contribution < -0.4 is 15.8 Å². The van der Waals surface area contributed by atoms with Gasteiger partial charge in [0.2, 0.25) is 17.7 Å². The van der Waals surface area contributed by atoms with Crippen LogP contribution in [-0.2, 0) is 19.8 Å². The molecule has 2 fully saturated rings. The molecule has 1 aliphatic heterocycles. The van der Waals surface area contributed by atoms with Gasteiger partial charge in [0.05, 0.1) is 17.9 Å². The van der Waals surface area contributed by atoms with Crippen molar-refractivity contribution >= 4 is 29.3 Å². The first-order valence-electron chi connectivity index (χ1n) is 11.3. The van der Waals surface area contributed by atoms with Gasteiger partial charge in [-0.2, -0.15) is 4.37 Å². The van der Waals surface area contributed by atoms with Gasteiger partial charge in [-0.15, -0.1) is 13.2 Å². The van der Waals surface area contributed by atoms with E-state index in [1.54, 1.807) is 11.4 Å². The highest BCUT2D eigenvalue weighted by atomic mass is 32.1. The van der Waals surface area contributed by atoms with Gasteiger partial charge < -0.3 is 20.7 Å². The van der Waals surface area contributed by atoms with E-state index in [0.717, 1.165) is 0 Å². The molecule has 1 saturated carbocycles. The normalized spacial score (nSPS) is 19.1. The van der Waals surface area contributed by atoms with Crippen LogP contribution in [0.3, 0.4) is 0 Å². The third-order valence-corrected chi connectivity index (χ3v) is 6.71. The van der Waals surface area contributed by atoms with Crippen molar-refractivity contribution in [2.24, 2.45) is 5.73 Å². The number of ether oxygens (including phenoxy) is 1. The lowest BCUT2D eigenvalue weighted by atomic mass is 9.93. The fourth-order valence-electron chi connectivity index (χ4n) is 4.33. The highest BCUT2D eigenvalue weighted by Crippen LogP contribution is 2.50. The Balaban J connectivity index is 1.46. The maximum atomic E-state index is 13.5. The minimum atomic E-state index is -4.80. The number of nitrogens with zero attached hydrogens (tertiary/aromatic N) is 2. The topological polar surface area (TPSA) is 115 Å². The molecule has 0 bridgehead atoms. The molecule has 190 valence electrons. The summed E-state index contributed by atoms with van der Waals surface area (Å²) in [5.41, 5.74) is 5.52. The number of benzene rings is 1. The lowest BCUT2D eigenvalue weighted by Crippen LogP contribution is -2.51. The van der Waals surface area contributed by atoms with Crippen molar-refractivity contribution in [2.75, 3.05) is 6.54 Å². The highest BCUT2D eigenvalue weighted by Gasteiger charge is 2.55. The summed E-state index contributed by atoms with van der Waals surface area (Å²) in [6, 6.07) is 5.38. The van der Waals surface area contributed by atoms with Crippen molar-refractivity contribution in [1.29, 1.82) is 0 Å². The number of amides is 3. The minimum absolute atomic E-state index is 0.195. The second-order valence-corrected chi connectivity index (χ2v) is 9.36. The van der Waals surface area contributed by atoms with Crippen LogP contribution in [0, 0.1) is 11.8 Å². The number of likely N-dealkylation sites (tertiary alicyclic amines) is 1. The Bertz CT molecular complexity index is 1180. The third-order valence-electron chi connectivity index (χ3n) is 6.15. The van der Waals surface area contributed by atoms with E-state index in [-0.39, 0.29) is 18.1 Å².